The number of halogens is 5. The van der Waals surface area contributed by atoms with Gasteiger partial charge in [-0.25, -0.2) is 18.7 Å². The summed E-state index contributed by atoms with van der Waals surface area (Å²) in [6.45, 7) is 1.50. The van der Waals surface area contributed by atoms with Gasteiger partial charge in [0.25, 0.3) is 0 Å². The highest BCUT2D eigenvalue weighted by atomic mass is 19.4. The van der Waals surface area contributed by atoms with Gasteiger partial charge in [-0.3, -0.25) is 0 Å². The second kappa shape index (κ2) is 7.62. The van der Waals surface area contributed by atoms with Crippen LogP contribution in [0.2, 0.25) is 0 Å². The van der Waals surface area contributed by atoms with Crippen LogP contribution in [-0.2, 0) is 0 Å². The Labute approximate surface area is 186 Å². The summed E-state index contributed by atoms with van der Waals surface area (Å²) in [6, 6.07) is 5.90. The van der Waals surface area contributed by atoms with Crippen molar-refractivity contribution in [2.75, 3.05) is 5.32 Å². The fourth-order valence-corrected chi connectivity index (χ4v) is 5.64. The molecular formula is C24H22F5N3O. The minimum absolute atomic E-state index is 0.0345. The van der Waals surface area contributed by atoms with Crippen LogP contribution in [0.3, 0.4) is 0 Å². The van der Waals surface area contributed by atoms with E-state index in [1.807, 2.05) is 0 Å². The largest absolute Gasteiger partial charge is 0.419 e. The van der Waals surface area contributed by atoms with Crippen molar-refractivity contribution in [1.29, 1.82) is 0 Å². The lowest BCUT2D eigenvalue weighted by Gasteiger charge is -2.52. The van der Waals surface area contributed by atoms with E-state index in [1.165, 1.54) is 13.1 Å². The molecule has 1 aromatic heterocycles. The first-order valence-electron chi connectivity index (χ1n) is 10.9. The Morgan fingerprint density at radius 3 is 2.52 bits per heavy atom. The normalized spacial score (nSPS) is 27.2. The molecule has 0 amide bonds. The quantitative estimate of drug-likeness (QED) is 0.461. The highest BCUT2D eigenvalue weighted by Gasteiger charge is 2.67. The Morgan fingerprint density at radius 1 is 1.09 bits per heavy atom. The maximum absolute atomic E-state index is 14.6. The molecule has 1 saturated carbocycles. The van der Waals surface area contributed by atoms with Crippen LogP contribution >= 0.6 is 0 Å². The second-order valence-electron chi connectivity index (χ2n) is 8.93. The third-order valence-electron chi connectivity index (χ3n) is 7.12. The van der Waals surface area contributed by atoms with E-state index in [0.717, 1.165) is 18.1 Å². The maximum atomic E-state index is 14.6. The number of nitrogens with zero attached hydrogens (tertiary/aromatic N) is 2. The molecule has 4 atom stereocenters. The number of anilines is 1. The maximum Gasteiger partial charge on any atom is 0.419 e. The summed E-state index contributed by atoms with van der Waals surface area (Å²) in [6.07, 6.45) is -1.59. The number of benzene rings is 2. The molecule has 33 heavy (non-hydrogen) atoms. The molecule has 1 heterocycles. The van der Waals surface area contributed by atoms with Crippen molar-refractivity contribution in [3.63, 3.8) is 0 Å². The van der Waals surface area contributed by atoms with Gasteiger partial charge in [-0.05, 0) is 36.8 Å². The third kappa shape index (κ3) is 3.27. The van der Waals surface area contributed by atoms with Crippen molar-refractivity contribution in [3.8, 4) is 0 Å². The van der Waals surface area contributed by atoms with Gasteiger partial charge in [-0.15, -0.1) is 0 Å². The summed E-state index contributed by atoms with van der Waals surface area (Å²) in [5.74, 6) is -3.76. The zero-order chi connectivity index (χ0) is 23.5. The van der Waals surface area contributed by atoms with Crippen LogP contribution in [0.5, 0.6) is 0 Å². The summed E-state index contributed by atoms with van der Waals surface area (Å²) in [7, 11) is 0. The van der Waals surface area contributed by atoms with Crippen LogP contribution < -0.4 is 5.32 Å². The zero-order valence-corrected chi connectivity index (χ0v) is 17.8. The predicted molar refractivity (Wildman–Crippen MR) is 113 cm³/mol. The Hall–Kier alpha value is -2.81. The standard InChI is InChI=1S/C24H22F5N3O/c1-12-30-11-16-19(10-18(25)20(26)21(16)31-12)32-22-15-8-3-2-6-13(15)14-7-4-5-9-17(14)23(22,33)24(27,28)29/h2-3,6,8,10-11,14,17,22,32-33H,4-5,7,9H2,1H3. The average molecular weight is 463 g/mol. The molecule has 2 N–H and O–H groups in total. The Kier molecular flexibility index (Phi) is 5.08. The number of aryl methyl sites for hydroxylation is 1. The van der Waals surface area contributed by atoms with Gasteiger partial charge in [0.05, 0.1) is 6.04 Å². The van der Waals surface area contributed by atoms with Gasteiger partial charge in [0.2, 0.25) is 0 Å². The Bertz CT molecular complexity index is 1230. The SMILES string of the molecule is Cc1ncc2c(NC3c4ccccc4C4CCCCC4C3(O)C(F)(F)F)cc(F)c(F)c2n1. The number of hydrogen-bond donors (Lipinski definition) is 2. The van der Waals surface area contributed by atoms with Crippen LogP contribution in [0, 0.1) is 24.5 Å². The van der Waals surface area contributed by atoms with E-state index in [9.17, 15) is 27.1 Å². The Morgan fingerprint density at radius 2 is 1.79 bits per heavy atom. The number of aromatic nitrogens is 2. The van der Waals surface area contributed by atoms with Crippen molar-refractivity contribution < 1.29 is 27.1 Å². The van der Waals surface area contributed by atoms with Gasteiger partial charge in [0.1, 0.15) is 11.3 Å². The van der Waals surface area contributed by atoms with E-state index in [-0.39, 0.29) is 28.8 Å². The summed E-state index contributed by atoms with van der Waals surface area (Å²) < 4.78 is 72.7. The van der Waals surface area contributed by atoms with Crippen molar-refractivity contribution in [2.24, 2.45) is 5.92 Å². The number of nitrogens with one attached hydrogen (secondary N) is 1. The van der Waals surface area contributed by atoms with Crippen LogP contribution in [0.1, 0.15) is 54.6 Å². The third-order valence-corrected chi connectivity index (χ3v) is 7.12. The molecule has 3 aromatic rings. The lowest BCUT2D eigenvalue weighted by Crippen LogP contribution is -2.61. The minimum Gasteiger partial charge on any atom is -0.378 e. The first kappa shape index (κ1) is 22.0. The van der Waals surface area contributed by atoms with E-state index in [1.54, 1.807) is 24.3 Å². The topological polar surface area (TPSA) is 58.0 Å². The smallest absolute Gasteiger partial charge is 0.378 e. The molecule has 9 heteroatoms. The summed E-state index contributed by atoms with van der Waals surface area (Å²) in [5.41, 5.74) is -2.50. The predicted octanol–water partition coefficient (Wildman–Crippen LogP) is 5.95. The highest BCUT2D eigenvalue weighted by molar-refractivity contribution is 5.91. The monoisotopic (exact) mass is 463 g/mol. The molecule has 174 valence electrons. The summed E-state index contributed by atoms with van der Waals surface area (Å²) in [4.78, 5) is 7.94. The van der Waals surface area contributed by atoms with Crippen molar-refractivity contribution >= 4 is 16.6 Å². The van der Waals surface area contributed by atoms with E-state index in [2.05, 4.69) is 15.3 Å². The molecule has 0 spiro atoms. The lowest BCUT2D eigenvalue weighted by atomic mass is 9.58. The Balaban J connectivity index is 1.73. The number of alkyl halides is 3. The molecule has 0 radical (unpaired) electrons. The molecule has 4 nitrogen and oxygen atoms in total. The number of hydrogen-bond acceptors (Lipinski definition) is 4. The second-order valence-corrected chi connectivity index (χ2v) is 8.93. The molecule has 1 fully saturated rings. The molecule has 0 saturated heterocycles. The lowest BCUT2D eigenvalue weighted by molar-refractivity contribution is -0.294. The average Bonchev–Trinajstić information content (AvgIpc) is 2.79. The summed E-state index contributed by atoms with van der Waals surface area (Å²) >= 11 is 0. The van der Waals surface area contributed by atoms with Crippen LogP contribution in [0.15, 0.2) is 36.5 Å². The first-order valence-corrected chi connectivity index (χ1v) is 10.9. The van der Waals surface area contributed by atoms with Crippen LogP contribution in [0.25, 0.3) is 10.9 Å². The van der Waals surface area contributed by atoms with Crippen molar-refractivity contribution in [1.82, 2.24) is 9.97 Å². The number of fused-ring (bicyclic) bond motifs is 4. The molecule has 2 aliphatic carbocycles. The van der Waals surface area contributed by atoms with Gasteiger partial charge < -0.3 is 10.4 Å². The number of rotatable bonds is 2. The summed E-state index contributed by atoms with van der Waals surface area (Å²) in [5, 5.41) is 14.2. The van der Waals surface area contributed by atoms with Gasteiger partial charge in [0, 0.05) is 29.3 Å². The molecule has 2 aliphatic rings. The van der Waals surface area contributed by atoms with E-state index in [4.69, 9.17) is 0 Å². The highest BCUT2D eigenvalue weighted by Crippen LogP contribution is 2.59. The van der Waals surface area contributed by atoms with Crippen LogP contribution in [0.4, 0.5) is 27.6 Å². The van der Waals surface area contributed by atoms with Crippen molar-refractivity contribution in [2.45, 2.75) is 56.3 Å². The molecule has 0 bridgehead atoms. The molecule has 2 aromatic carbocycles. The molecular weight excluding hydrogens is 441 g/mol. The zero-order valence-electron chi connectivity index (χ0n) is 17.8. The van der Waals surface area contributed by atoms with Gasteiger partial charge in [-0.2, -0.15) is 13.2 Å². The van der Waals surface area contributed by atoms with E-state index < -0.39 is 41.3 Å². The number of aliphatic hydroxyl groups is 1. The molecule has 4 unspecified atom stereocenters. The molecule has 5 rings (SSSR count). The molecule has 0 aliphatic heterocycles. The van der Waals surface area contributed by atoms with Gasteiger partial charge in [0.15, 0.2) is 17.2 Å². The minimum atomic E-state index is -4.96. The fourth-order valence-electron chi connectivity index (χ4n) is 5.64. The first-order chi connectivity index (χ1) is 15.6. The van der Waals surface area contributed by atoms with Gasteiger partial charge in [-0.1, -0.05) is 37.1 Å². The fraction of sp³-hybridized carbons (Fsp3) is 0.417. The van der Waals surface area contributed by atoms with E-state index >= 15 is 0 Å². The van der Waals surface area contributed by atoms with Crippen molar-refractivity contribution in [3.05, 3.63) is 65.1 Å². The van der Waals surface area contributed by atoms with Gasteiger partial charge >= 0.3 is 6.18 Å². The van der Waals surface area contributed by atoms with Crippen LogP contribution in [-0.4, -0.2) is 26.9 Å². The van der Waals surface area contributed by atoms with E-state index in [0.29, 0.717) is 18.4 Å².